The second-order valence-electron chi connectivity index (χ2n) is 3.99. The minimum absolute atomic E-state index is 0.476. The second-order valence-corrected chi connectivity index (χ2v) is 3.99. The van der Waals surface area contributed by atoms with E-state index in [0.29, 0.717) is 12.6 Å². The van der Waals surface area contributed by atoms with Gasteiger partial charge in [0.2, 0.25) is 0 Å². The predicted molar refractivity (Wildman–Crippen MR) is 64.1 cm³/mol. The van der Waals surface area contributed by atoms with Gasteiger partial charge >= 0.3 is 0 Å². The fraction of sp³-hybridized carbons (Fsp3) is 0.538. The first-order valence-corrected chi connectivity index (χ1v) is 5.89. The smallest absolute Gasteiger partial charge is 0.161 e. The van der Waals surface area contributed by atoms with E-state index in [9.17, 15) is 0 Å². The van der Waals surface area contributed by atoms with E-state index in [1.54, 1.807) is 7.11 Å². The summed E-state index contributed by atoms with van der Waals surface area (Å²) in [6, 6.07) is 6.67. The number of hydrogen-bond acceptors (Lipinski definition) is 3. The van der Waals surface area contributed by atoms with Crippen molar-refractivity contribution in [3.05, 3.63) is 23.8 Å². The first kappa shape index (κ1) is 11.3. The van der Waals surface area contributed by atoms with Crippen molar-refractivity contribution in [2.45, 2.75) is 25.8 Å². The first-order valence-electron chi connectivity index (χ1n) is 5.89. The van der Waals surface area contributed by atoms with Crippen molar-refractivity contribution in [3.8, 4) is 11.5 Å². The van der Waals surface area contributed by atoms with E-state index in [1.807, 2.05) is 13.0 Å². The molecule has 1 aromatic rings. The van der Waals surface area contributed by atoms with Crippen molar-refractivity contribution >= 4 is 0 Å². The molecule has 0 spiro atoms. The van der Waals surface area contributed by atoms with Crippen LogP contribution in [0.5, 0.6) is 11.5 Å². The van der Waals surface area contributed by atoms with Gasteiger partial charge in [0.1, 0.15) is 0 Å². The molecule has 0 amide bonds. The van der Waals surface area contributed by atoms with Crippen LogP contribution < -0.4 is 14.8 Å². The van der Waals surface area contributed by atoms with E-state index in [1.165, 1.54) is 18.4 Å². The van der Waals surface area contributed by atoms with Gasteiger partial charge < -0.3 is 14.8 Å². The van der Waals surface area contributed by atoms with Crippen LogP contribution in [-0.2, 0) is 0 Å². The fourth-order valence-corrected chi connectivity index (χ4v) is 2.14. The Hall–Kier alpha value is -1.22. The van der Waals surface area contributed by atoms with Gasteiger partial charge in [0, 0.05) is 6.04 Å². The highest BCUT2D eigenvalue weighted by Crippen LogP contribution is 2.32. The summed E-state index contributed by atoms with van der Waals surface area (Å²) in [5, 5.41) is 3.48. The third kappa shape index (κ3) is 2.30. The van der Waals surface area contributed by atoms with Crippen molar-refractivity contribution in [2.75, 3.05) is 20.3 Å². The molecule has 1 aliphatic heterocycles. The zero-order valence-corrected chi connectivity index (χ0v) is 9.95. The van der Waals surface area contributed by atoms with Crippen LogP contribution >= 0.6 is 0 Å². The standard InChI is InChI=1S/C13H19NO2/c1-3-16-12-7-6-10(9-13(12)15-2)11-5-4-8-14-11/h6-7,9,11,14H,3-5,8H2,1-2H3/t11-/m1/s1. The van der Waals surface area contributed by atoms with E-state index in [0.717, 1.165) is 18.0 Å². The second kappa shape index (κ2) is 5.21. The van der Waals surface area contributed by atoms with Crippen molar-refractivity contribution in [3.63, 3.8) is 0 Å². The van der Waals surface area contributed by atoms with Crippen LogP contribution in [0.3, 0.4) is 0 Å². The molecule has 1 aliphatic rings. The third-order valence-corrected chi connectivity index (χ3v) is 2.95. The van der Waals surface area contributed by atoms with Gasteiger partial charge in [-0.2, -0.15) is 0 Å². The summed E-state index contributed by atoms with van der Waals surface area (Å²) in [6.07, 6.45) is 2.46. The van der Waals surface area contributed by atoms with E-state index >= 15 is 0 Å². The molecule has 0 unspecified atom stereocenters. The minimum Gasteiger partial charge on any atom is -0.493 e. The Morgan fingerprint density at radius 2 is 2.25 bits per heavy atom. The lowest BCUT2D eigenvalue weighted by Crippen LogP contribution is -2.12. The van der Waals surface area contributed by atoms with Gasteiger partial charge in [0.25, 0.3) is 0 Å². The summed E-state index contributed by atoms with van der Waals surface area (Å²) in [4.78, 5) is 0. The SMILES string of the molecule is CCOc1ccc([C@H]2CCCN2)cc1OC. The highest BCUT2D eigenvalue weighted by atomic mass is 16.5. The third-order valence-electron chi connectivity index (χ3n) is 2.95. The lowest BCUT2D eigenvalue weighted by atomic mass is 10.0. The number of benzene rings is 1. The fourth-order valence-electron chi connectivity index (χ4n) is 2.14. The lowest BCUT2D eigenvalue weighted by Gasteiger charge is -2.14. The van der Waals surface area contributed by atoms with E-state index in [-0.39, 0.29) is 0 Å². The molecule has 0 aromatic heterocycles. The molecule has 1 fully saturated rings. The molecule has 0 radical (unpaired) electrons. The van der Waals surface area contributed by atoms with Crippen molar-refractivity contribution in [2.24, 2.45) is 0 Å². The molecule has 2 rings (SSSR count). The van der Waals surface area contributed by atoms with Gasteiger partial charge in [-0.05, 0) is 44.0 Å². The van der Waals surface area contributed by atoms with Crippen LogP contribution in [0.1, 0.15) is 31.4 Å². The summed E-state index contributed by atoms with van der Waals surface area (Å²) >= 11 is 0. The Labute approximate surface area is 96.8 Å². The molecule has 3 heteroatoms. The van der Waals surface area contributed by atoms with Gasteiger partial charge in [-0.3, -0.25) is 0 Å². The van der Waals surface area contributed by atoms with Crippen LogP contribution in [-0.4, -0.2) is 20.3 Å². The number of methoxy groups -OCH3 is 1. The van der Waals surface area contributed by atoms with Crippen molar-refractivity contribution < 1.29 is 9.47 Å². The maximum atomic E-state index is 5.50. The number of hydrogen-bond donors (Lipinski definition) is 1. The molecule has 88 valence electrons. The zero-order valence-electron chi connectivity index (χ0n) is 9.95. The van der Waals surface area contributed by atoms with Gasteiger partial charge in [-0.1, -0.05) is 6.07 Å². The molecule has 1 N–H and O–H groups in total. The predicted octanol–water partition coefficient (Wildman–Crippen LogP) is 2.52. The molecule has 1 atom stereocenters. The first-order chi connectivity index (χ1) is 7.85. The average molecular weight is 221 g/mol. The molecular formula is C13H19NO2. The minimum atomic E-state index is 0.476. The topological polar surface area (TPSA) is 30.5 Å². The van der Waals surface area contributed by atoms with Crippen LogP contribution in [0.15, 0.2) is 18.2 Å². The summed E-state index contributed by atoms with van der Waals surface area (Å²) in [7, 11) is 1.68. The maximum absolute atomic E-state index is 5.50. The average Bonchev–Trinajstić information content (AvgIpc) is 2.83. The molecule has 16 heavy (non-hydrogen) atoms. The molecule has 0 saturated carbocycles. The van der Waals surface area contributed by atoms with Crippen molar-refractivity contribution in [1.29, 1.82) is 0 Å². The molecule has 0 bridgehead atoms. The Morgan fingerprint density at radius 3 is 2.88 bits per heavy atom. The Balaban J connectivity index is 2.21. The Morgan fingerprint density at radius 1 is 1.38 bits per heavy atom. The van der Waals surface area contributed by atoms with Crippen LogP contribution in [0.25, 0.3) is 0 Å². The highest BCUT2D eigenvalue weighted by Gasteiger charge is 2.17. The Bertz CT molecular complexity index is 346. The summed E-state index contributed by atoms with van der Waals surface area (Å²) in [5.41, 5.74) is 1.29. The quantitative estimate of drug-likeness (QED) is 0.847. The van der Waals surface area contributed by atoms with Crippen LogP contribution in [0, 0.1) is 0 Å². The van der Waals surface area contributed by atoms with Crippen molar-refractivity contribution in [1.82, 2.24) is 5.32 Å². The van der Waals surface area contributed by atoms with Gasteiger partial charge in [-0.15, -0.1) is 0 Å². The highest BCUT2D eigenvalue weighted by molar-refractivity contribution is 5.44. The van der Waals surface area contributed by atoms with Crippen LogP contribution in [0.2, 0.25) is 0 Å². The van der Waals surface area contributed by atoms with Gasteiger partial charge in [0.05, 0.1) is 13.7 Å². The monoisotopic (exact) mass is 221 g/mol. The molecule has 0 aliphatic carbocycles. The van der Waals surface area contributed by atoms with E-state index < -0.39 is 0 Å². The lowest BCUT2D eigenvalue weighted by molar-refractivity contribution is 0.310. The van der Waals surface area contributed by atoms with Gasteiger partial charge in [-0.25, -0.2) is 0 Å². The number of rotatable bonds is 4. The zero-order chi connectivity index (χ0) is 11.4. The molecule has 1 saturated heterocycles. The van der Waals surface area contributed by atoms with Gasteiger partial charge in [0.15, 0.2) is 11.5 Å². The summed E-state index contributed by atoms with van der Waals surface area (Å²) in [6.45, 7) is 3.75. The maximum Gasteiger partial charge on any atom is 0.161 e. The molecular weight excluding hydrogens is 202 g/mol. The summed E-state index contributed by atoms with van der Waals surface area (Å²) < 4.78 is 10.8. The molecule has 3 nitrogen and oxygen atoms in total. The largest absolute Gasteiger partial charge is 0.493 e. The normalized spacial score (nSPS) is 19.8. The van der Waals surface area contributed by atoms with E-state index in [4.69, 9.17) is 9.47 Å². The number of nitrogens with one attached hydrogen (secondary N) is 1. The Kier molecular flexibility index (Phi) is 3.67. The summed E-state index contributed by atoms with van der Waals surface area (Å²) in [5.74, 6) is 1.65. The van der Waals surface area contributed by atoms with Crippen LogP contribution in [0.4, 0.5) is 0 Å². The van der Waals surface area contributed by atoms with E-state index in [2.05, 4.69) is 17.4 Å². The number of ether oxygens (including phenoxy) is 2. The molecule has 1 aromatic carbocycles. The molecule has 1 heterocycles.